The van der Waals surface area contributed by atoms with Crippen molar-refractivity contribution in [1.29, 1.82) is 0 Å². The van der Waals surface area contributed by atoms with E-state index in [1.165, 1.54) is 25.0 Å². The van der Waals surface area contributed by atoms with Crippen LogP contribution in [0.15, 0.2) is 35.1 Å². The van der Waals surface area contributed by atoms with Gasteiger partial charge in [-0.2, -0.15) is 5.10 Å². The van der Waals surface area contributed by atoms with Gasteiger partial charge in [-0.15, -0.1) is 0 Å². The van der Waals surface area contributed by atoms with Gasteiger partial charge in [-0.05, 0) is 31.2 Å². The molecule has 1 N–H and O–H groups in total. The molecular weight excluding hydrogens is 298 g/mol. The van der Waals surface area contributed by atoms with Gasteiger partial charge in [0.1, 0.15) is 0 Å². The van der Waals surface area contributed by atoms with Crippen LogP contribution in [0.2, 0.25) is 0 Å². The van der Waals surface area contributed by atoms with E-state index in [0.29, 0.717) is 30.2 Å². The third-order valence-corrected chi connectivity index (χ3v) is 3.25. The number of carbonyl (C=O) groups is 1. The second-order valence-corrected chi connectivity index (χ2v) is 4.86. The van der Waals surface area contributed by atoms with E-state index in [1.807, 2.05) is 0 Å². The summed E-state index contributed by atoms with van der Waals surface area (Å²) in [5.41, 5.74) is 0.999. The van der Waals surface area contributed by atoms with Gasteiger partial charge in [0.05, 0.1) is 26.5 Å². The third kappa shape index (κ3) is 4.09. The van der Waals surface area contributed by atoms with Crippen LogP contribution >= 0.6 is 0 Å². The van der Waals surface area contributed by atoms with Gasteiger partial charge in [0.25, 0.3) is 11.5 Å². The second-order valence-electron chi connectivity index (χ2n) is 4.86. The summed E-state index contributed by atoms with van der Waals surface area (Å²) in [6, 6.07) is 8.03. The summed E-state index contributed by atoms with van der Waals surface area (Å²) in [5.74, 6) is 0.780. The summed E-state index contributed by atoms with van der Waals surface area (Å²) in [6.07, 6.45) is 0. The third-order valence-electron chi connectivity index (χ3n) is 3.25. The van der Waals surface area contributed by atoms with Crippen LogP contribution in [-0.2, 0) is 6.54 Å². The molecule has 1 amide bonds. The highest BCUT2D eigenvalue weighted by molar-refractivity contribution is 5.94. The average molecular weight is 317 g/mol. The van der Waals surface area contributed by atoms with Crippen molar-refractivity contribution >= 4 is 5.91 Å². The number of rotatable bonds is 6. The molecule has 0 atom stereocenters. The molecule has 122 valence electrons. The first-order valence-corrected chi connectivity index (χ1v) is 7.10. The summed E-state index contributed by atoms with van der Waals surface area (Å²) < 4.78 is 11.6. The van der Waals surface area contributed by atoms with E-state index in [4.69, 9.17) is 9.47 Å². The summed E-state index contributed by atoms with van der Waals surface area (Å²) >= 11 is 0. The number of nitrogens with one attached hydrogen (secondary N) is 1. The predicted molar refractivity (Wildman–Crippen MR) is 85.1 cm³/mol. The minimum Gasteiger partial charge on any atom is -0.493 e. The zero-order valence-electron chi connectivity index (χ0n) is 13.3. The normalized spacial score (nSPS) is 10.2. The molecule has 0 fully saturated rings. The summed E-state index contributed by atoms with van der Waals surface area (Å²) in [6.45, 7) is 2.40. The Morgan fingerprint density at radius 2 is 1.91 bits per heavy atom. The van der Waals surface area contributed by atoms with E-state index < -0.39 is 0 Å². The molecule has 7 nitrogen and oxygen atoms in total. The highest BCUT2D eigenvalue weighted by Crippen LogP contribution is 2.27. The van der Waals surface area contributed by atoms with Crippen molar-refractivity contribution in [1.82, 2.24) is 15.1 Å². The van der Waals surface area contributed by atoms with Gasteiger partial charge in [-0.1, -0.05) is 0 Å². The van der Waals surface area contributed by atoms with Gasteiger partial charge < -0.3 is 14.8 Å². The van der Waals surface area contributed by atoms with Crippen molar-refractivity contribution in [3.05, 3.63) is 51.9 Å². The fourth-order valence-electron chi connectivity index (χ4n) is 2.07. The van der Waals surface area contributed by atoms with Crippen molar-refractivity contribution in [2.45, 2.75) is 13.5 Å². The number of methoxy groups -OCH3 is 2. The largest absolute Gasteiger partial charge is 0.493 e. The summed E-state index contributed by atoms with van der Waals surface area (Å²) in [4.78, 5) is 23.8. The zero-order chi connectivity index (χ0) is 16.8. The van der Waals surface area contributed by atoms with Crippen molar-refractivity contribution in [2.75, 3.05) is 20.8 Å². The molecule has 2 rings (SSSR count). The molecule has 0 saturated carbocycles. The Morgan fingerprint density at radius 1 is 1.17 bits per heavy atom. The summed E-state index contributed by atoms with van der Waals surface area (Å²) in [7, 11) is 3.04. The van der Waals surface area contributed by atoms with Crippen molar-refractivity contribution < 1.29 is 14.3 Å². The molecule has 1 aromatic heterocycles. The Bertz CT molecular complexity index is 755. The second kappa shape index (κ2) is 7.44. The number of carbonyl (C=O) groups excluding carboxylic acids is 1. The van der Waals surface area contributed by atoms with Gasteiger partial charge in [0, 0.05) is 18.2 Å². The first-order chi connectivity index (χ1) is 11.0. The minimum absolute atomic E-state index is 0.198. The first-order valence-electron chi connectivity index (χ1n) is 7.10. The number of hydrogen-bond donors (Lipinski definition) is 1. The molecule has 0 saturated heterocycles. The van der Waals surface area contributed by atoms with Crippen LogP contribution in [0, 0.1) is 6.92 Å². The van der Waals surface area contributed by atoms with Gasteiger partial charge in [0.15, 0.2) is 11.5 Å². The lowest BCUT2D eigenvalue weighted by atomic mass is 10.2. The van der Waals surface area contributed by atoms with E-state index in [-0.39, 0.29) is 11.5 Å². The van der Waals surface area contributed by atoms with Crippen LogP contribution in [-0.4, -0.2) is 36.5 Å². The van der Waals surface area contributed by atoms with Crippen molar-refractivity contribution in [2.24, 2.45) is 0 Å². The monoisotopic (exact) mass is 317 g/mol. The molecule has 2 aromatic rings. The Morgan fingerprint density at radius 3 is 2.61 bits per heavy atom. The van der Waals surface area contributed by atoms with E-state index >= 15 is 0 Å². The fraction of sp³-hybridized carbons (Fsp3) is 0.312. The molecule has 0 unspecified atom stereocenters. The highest BCUT2D eigenvalue weighted by atomic mass is 16.5. The number of amides is 1. The number of nitrogens with zero attached hydrogens (tertiary/aromatic N) is 2. The molecule has 0 radical (unpaired) electrons. The van der Waals surface area contributed by atoms with E-state index in [0.717, 1.165) is 5.69 Å². The van der Waals surface area contributed by atoms with Crippen LogP contribution in [0.5, 0.6) is 11.5 Å². The Labute approximate surface area is 133 Å². The maximum atomic E-state index is 12.1. The van der Waals surface area contributed by atoms with E-state index in [1.54, 1.807) is 31.2 Å². The Kier molecular flexibility index (Phi) is 5.35. The van der Waals surface area contributed by atoms with E-state index in [9.17, 15) is 9.59 Å². The number of aromatic nitrogens is 2. The molecule has 23 heavy (non-hydrogen) atoms. The van der Waals surface area contributed by atoms with Crippen LogP contribution in [0.4, 0.5) is 0 Å². The van der Waals surface area contributed by atoms with Gasteiger partial charge in [0.2, 0.25) is 0 Å². The average Bonchev–Trinajstić information content (AvgIpc) is 2.57. The SMILES string of the molecule is COc1ccc(C(=O)NCCn2nc(C)ccc2=O)cc1OC. The van der Waals surface area contributed by atoms with Gasteiger partial charge in [-0.3, -0.25) is 9.59 Å². The number of aryl methyl sites for hydroxylation is 1. The van der Waals surface area contributed by atoms with Gasteiger partial charge in [-0.25, -0.2) is 4.68 Å². The zero-order valence-corrected chi connectivity index (χ0v) is 13.3. The summed E-state index contributed by atoms with van der Waals surface area (Å²) in [5, 5.41) is 6.86. The predicted octanol–water partition coefficient (Wildman–Crippen LogP) is 0.999. The number of ether oxygens (including phenoxy) is 2. The van der Waals surface area contributed by atoms with Crippen LogP contribution < -0.4 is 20.3 Å². The maximum absolute atomic E-state index is 12.1. The Hall–Kier alpha value is -2.83. The standard InChI is InChI=1S/C16H19N3O4/c1-11-4-7-15(20)19(18-11)9-8-17-16(21)12-5-6-13(22-2)14(10-12)23-3/h4-7,10H,8-9H2,1-3H3,(H,17,21). The lowest BCUT2D eigenvalue weighted by Gasteiger charge is -2.10. The molecule has 0 aliphatic heterocycles. The van der Waals surface area contributed by atoms with Crippen LogP contribution in [0.25, 0.3) is 0 Å². The molecule has 0 spiro atoms. The number of benzene rings is 1. The van der Waals surface area contributed by atoms with Crippen molar-refractivity contribution in [3.63, 3.8) is 0 Å². The van der Waals surface area contributed by atoms with Crippen LogP contribution in [0.1, 0.15) is 16.1 Å². The molecule has 0 bridgehead atoms. The topological polar surface area (TPSA) is 82.5 Å². The molecular formula is C16H19N3O4. The molecule has 0 aliphatic rings. The highest BCUT2D eigenvalue weighted by Gasteiger charge is 2.10. The Balaban J connectivity index is 2.00. The minimum atomic E-state index is -0.258. The van der Waals surface area contributed by atoms with Gasteiger partial charge >= 0.3 is 0 Å². The quantitative estimate of drug-likeness (QED) is 0.859. The van der Waals surface area contributed by atoms with E-state index in [2.05, 4.69) is 10.4 Å². The fourth-order valence-corrected chi connectivity index (χ4v) is 2.07. The molecule has 1 aromatic carbocycles. The maximum Gasteiger partial charge on any atom is 0.266 e. The smallest absolute Gasteiger partial charge is 0.266 e. The molecule has 7 heteroatoms. The first kappa shape index (κ1) is 16.5. The van der Waals surface area contributed by atoms with Crippen LogP contribution in [0.3, 0.4) is 0 Å². The molecule has 0 aliphatic carbocycles. The van der Waals surface area contributed by atoms with Crippen molar-refractivity contribution in [3.8, 4) is 11.5 Å². The lowest BCUT2D eigenvalue weighted by molar-refractivity contribution is 0.0951. The number of hydrogen-bond acceptors (Lipinski definition) is 5. The lowest BCUT2D eigenvalue weighted by Crippen LogP contribution is -2.32. The molecule has 1 heterocycles.